The van der Waals surface area contributed by atoms with E-state index in [-0.39, 0.29) is 0 Å². The third-order valence-corrected chi connectivity index (χ3v) is 6.79. The number of rotatable bonds is 4. The highest BCUT2D eigenvalue weighted by Crippen LogP contribution is 2.46. The Labute approximate surface area is 151 Å². The highest BCUT2D eigenvalue weighted by molar-refractivity contribution is 8.01. The van der Waals surface area contributed by atoms with E-state index in [0.717, 1.165) is 37.6 Å². The lowest BCUT2D eigenvalue weighted by Crippen LogP contribution is -2.58. The van der Waals surface area contributed by atoms with E-state index < -0.39 is 0 Å². The fourth-order valence-electron chi connectivity index (χ4n) is 4.12. The molecular weight excluding hydrogens is 330 g/mol. The lowest BCUT2D eigenvalue weighted by molar-refractivity contribution is 0.0924. The Morgan fingerprint density at radius 2 is 2.20 bits per heavy atom. The first-order valence-corrected chi connectivity index (χ1v) is 9.76. The monoisotopic (exact) mass is 351 g/mol. The van der Waals surface area contributed by atoms with Crippen LogP contribution >= 0.6 is 11.8 Å². The van der Waals surface area contributed by atoms with Crippen LogP contribution in [0.2, 0.25) is 0 Å². The number of aromatic amines is 1. The number of benzene rings is 1. The van der Waals surface area contributed by atoms with Gasteiger partial charge in [0.2, 0.25) is 0 Å². The zero-order chi connectivity index (χ0) is 16.7. The van der Waals surface area contributed by atoms with Crippen molar-refractivity contribution in [1.82, 2.24) is 14.9 Å². The summed E-state index contributed by atoms with van der Waals surface area (Å²) in [5.74, 6) is 1.97. The first-order chi connectivity index (χ1) is 12.3. The Hall–Kier alpha value is -1.98. The molecule has 1 aromatic carbocycles. The summed E-state index contributed by atoms with van der Waals surface area (Å²) in [4.78, 5) is 9.99. The number of H-pyrrole nitrogens is 1. The van der Waals surface area contributed by atoms with Gasteiger partial charge in [0.05, 0.1) is 6.20 Å². The van der Waals surface area contributed by atoms with Crippen LogP contribution in [0.25, 0.3) is 10.9 Å². The fraction of sp³-hybridized carbons (Fsp3) is 0.350. The summed E-state index contributed by atoms with van der Waals surface area (Å²) >= 11 is 2.09. The van der Waals surface area contributed by atoms with E-state index in [1.807, 2.05) is 18.3 Å². The van der Waals surface area contributed by atoms with Gasteiger partial charge < -0.3 is 9.72 Å². The number of nitrogens with one attached hydrogen (secondary N) is 1. The Kier molecular flexibility index (Phi) is 3.71. The maximum absolute atomic E-state index is 6.10. The normalized spacial score (nSPS) is 22.3. The molecule has 0 radical (unpaired) electrons. The SMILES string of the molecule is c1cncc(O[C@H]2CSC3(C2)CN(Cc2cccc4[nH]ccc24)C3)c1. The number of ether oxygens (including phenoxy) is 1. The van der Waals surface area contributed by atoms with Crippen LogP contribution in [0.3, 0.4) is 0 Å². The van der Waals surface area contributed by atoms with Crippen molar-refractivity contribution in [3.63, 3.8) is 0 Å². The zero-order valence-electron chi connectivity index (χ0n) is 14.0. The quantitative estimate of drug-likeness (QED) is 0.778. The van der Waals surface area contributed by atoms with E-state index in [0.29, 0.717) is 10.9 Å². The molecule has 0 bridgehead atoms. The molecule has 2 aliphatic heterocycles. The second kappa shape index (κ2) is 6.07. The highest BCUT2D eigenvalue weighted by atomic mass is 32.2. The van der Waals surface area contributed by atoms with Gasteiger partial charge in [0, 0.05) is 59.9 Å². The standard InChI is InChI=1S/C20H21N3OS/c1-3-15(18-6-8-22-19(18)5-1)11-23-13-20(14-23)9-17(12-25-20)24-16-4-2-7-21-10-16/h1-8,10,17,22H,9,11-14H2/t17-/m1/s1. The van der Waals surface area contributed by atoms with E-state index >= 15 is 0 Å². The number of hydrogen-bond acceptors (Lipinski definition) is 4. The van der Waals surface area contributed by atoms with Crippen molar-refractivity contribution in [3.8, 4) is 5.75 Å². The Balaban J connectivity index is 1.20. The molecule has 0 saturated carbocycles. The molecule has 4 heterocycles. The number of nitrogens with zero attached hydrogens (tertiary/aromatic N) is 2. The van der Waals surface area contributed by atoms with Crippen molar-refractivity contribution >= 4 is 22.7 Å². The molecule has 2 aromatic heterocycles. The van der Waals surface area contributed by atoms with Crippen LogP contribution in [0.4, 0.5) is 0 Å². The first-order valence-electron chi connectivity index (χ1n) is 8.78. The van der Waals surface area contributed by atoms with Crippen LogP contribution in [0.5, 0.6) is 5.75 Å². The van der Waals surface area contributed by atoms with Crippen molar-refractivity contribution in [3.05, 3.63) is 60.6 Å². The smallest absolute Gasteiger partial charge is 0.138 e. The number of pyridine rings is 1. The van der Waals surface area contributed by atoms with Crippen molar-refractivity contribution in [1.29, 1.82) is 0 Å². The summed E-state index contributed by atoms with van der Waals surface area (Å²) in [7, 11) is 0. The van der Waals surface area contributed by atoms with Crippen LogP contribution < -0.4 is 4.74 Å². The number of hydrogen-bond donors (Lipinski definition) is 1. The van der Waals surface area contributed by atoms with Gasteiger partial charge in [-0.3, -0.25) is 9.88 Å². The number of likely N-dealkylation sites (tertiary alicyclic amines) is 1. The molecule has 5 rings (SSSR count). The van der Waals surface area contributed by atoms with Gasteiger partial charge in [-0.05, 0) is 29.8 Å². The van der Waals surface area contributed by atoms with E-state index in [1.165, 1.54) is 16.5 Å². The maximum atomic E-state index is 6.10. The van der Waals surface area contributed by atoms with Gasteiger partial charge in [-0.2, -0.15) is 0 Å². The lowest BCUT2D eigenvalue weighted by Gasteiger charge is -2.47. The van der Waals surface area contributed by atoms with E-state index in [1.54, 1.807) is 12.4 Å². The average Bonchev–Trinajstić information content (AvgIpc) is 3.23. The van der Waals surface area contributed by atoms with E-state index in [2.05, 4.69) is 50.9 Å². The van der Waals surface area contributed by atoms with Gasteiger partial charge in [0.25, 0.3) is 0 Å². The molecule has 1 atom stereocenters. The lowest BCUT2D eigenvalue weighted by atomic mass is 9.92. The van der Waals surface area contributed by atoms with Gasteiger partial charge in [-0.25, -0.2) is 0 Å². The summed E-state index contributed by atoms with van der Waals surface area (Å²) < 4.78 is 6.49. The predicted octanol–water partition coefficient (Wildman–Crippen LogP) is 3.70. The predicted molar refractivity (Wildman–Crippen MR) is 102 cm³/mol. The second-order valence-electron chi connectivity index (χ2n) is 7.13. The van der Waals surface area contributed by atoms with Crippen molar-refractivity contribution < 1.29 is 4.74 Å². The molecular formula is C20H21N3OS. The molecule has 4 nitrogen and oxygen atoms in total. The maximum Gasteiger partial charge on any atom is 0.138 e. The van der Waals surface area contributed by atoms with E-state index in [4.69, 9.17) is 4.74 Å². The summed E-state index contributed by atoms with van der Waals surface area (Å²) in [6, 6.07) is 12.6. The van der Waals surface area contributed by atoms with Gasteiger partial charge in [0.1, 0.15) is 11.9 Å². The van der Waals surface area contributed by atoms with Crippen molar-refractivity contribution in [2.75, 3.05) is 18.8 Å². The minimum Gasteiger partial charge on any atom is -0.488 e. The Morgan fingerprint density at radius 1 is 1.24 bits per heavy atom. The molecule has 3 aromatic rings. The van der Waals surface area contributed by atoms with Crippen LogP contribution in [-0.4, -0.2) is 44.6 Å². The van der Waals surface area contributed by atoms with Crippen molar-refractivity contribution in [2.24, 2.45) is 0 Å². The number of aromatic nitrogens is 2. The fourth-order valence-corrected chi connectivity index (χ4v) is 5.69. The molecule has 0 aliphatic carbocycles. The number of fused-ring (bicyclic) bond motifs is 1. The molecule has 25 heavy (non-hydrogen) atoms. The third-order valence-electron chi connectivity index (χ3n) is 5.21. The van der Waals surface area contributed by atoms with Crippen LogP contribution in [0.15, 0.2) is 55.0 Å². The van der Waals surface area contributed by atoms with Gasteiger partial charge in [0.15, 0.2) is 0 Å². The summed E-state index contributed by atoms with van der Waals surface area (Å²) in [6.45, 7) is 3.35. The highest BCUT2D eigenvalue weighted by Gasteiger charge is 2.49. The zero-order valence-corrected chi connectivity index (χ0v) is 14.8. The third kappa shape index (κ3) is 2.92. The molecule has 1 spiro atoms. The average molecular weight is 351 g/mol. The van der Waals surface area contributed by atoms with Gasteiger partial charge in [-0.15, -0.1) is 11.8 Å². The van der Waals surface area contributed by atoms with Crippen molar-refractivity contribution in [2.45, 2.75) is 23.8 Å². The molecule has 0 amide bonds. The van der Waals surface area contributed by atoms with Crippen LogP contribution in [0.1, 0.15) is 12.0 Å². The molecule has 128 valence electrons. The molecule has 5 heteroatoms. The molecule has 0 unspecified atom stereocenters. The first kappa shape index (κ1) is 15.3. The van der Waals surface area contributed by atoms with Crippen LogP contribution in [0, 0.1) is 0 Å². The Morgan fingerprint density at radius 3 is 3.08 bits per heavy atom. The summed E-state index contributed by atoms with van der Waals surface area (Å²) in [6.07, 6.45) is 7.06. The van der Waals surface area contributed by atoms with Gasteiger partial charge >= 0.3 is 0 Å². The number of thioether (sulfide) groups is 1. The minimum atomic E-state index is 0.310. The molecule has 2 saturated heterocycles. The minimum absolute atomic E-state index is 0.310. The molecule has 2 fully saturated rings. The Bertz CT molecular complexity index is 873. The second-order valence-corrected chi connectivity index (χ2v) is 8.62. The molecule has 1 N–H and O–H groups in total. The van der Waals surface area contributed by atoms with Crippen LogP contribution in [-0.2, 0) is 6.54 Å². The molecule has 2 aliphatic rings. The topological polar surface area (TPSA) is 41.1 Å². The van der Waals surface area contributed by atoms with E-state index in [9.17, 15) is 0 Å². The summed E-state index contributed by atoms with van der Waals surface area (Å²) in [5.41, 5.74) is 2.65. The largest absolute Gasteiger partial charge is 0.488 e. The summed E-state index contributed by atoms with van der Waals surface area (Å²) in [5, 5.41) is 1.35. The van der Waals surface area contributed by atoms with Gasteiger partial charge in [-0.1, -0.05) is 12.1 Å².